The van der Waals surface area contributed by atoms with Crippen LogP contribution in [0.4, 0.5) is 0 Å². The third-order valence-electron chi connectivity index (χ3n) is 4.28. The molecule has 0 unspecified atom stereocenters. The number of rotatable bonds is 14. The van der Waals surface area contributed by atoms with Crippen molar-refractivity contribution in [3.8, 4) is 11.5 Å². The zero-order valence-corrected chi connectivity index (χ0v) is 20.2. The van der Waals surface area contributed by atoms with Crippen LogP contribution in [0.1, 0.15) is 26.7 Å². The second-order valence-corrected chi connectivity index (χ2v) is 11.5. The minimum atomic E-state index is -3.37. The van der Waals surface area contributed by atoms with Crippen LogP contribution in [0.5, 0.6) is 11.5 Å². The third-order valence-corrected chi connectivity index (χ3v) is 9.97. The van der Waals surface area contributed by atoms with Crippen LogP contribution in [0.15, 0.2) is 12.1 Å². The molecule has 1 aromatic carbocycles. The first kappa shape index (κ1) is 25.1. The van der Waals surface area contributed by atoms with Gasteiger partial charge in [0.05, 0.1) is 23.6 Å². The first-order valence-electron chi connectivity index (χ1n) is 9.23. The van der Waals surface area contributed by atoms with Gasteiger partial charge in [-0.25, -0.2) is 0 Å². The molecule has 0 aliphatic rings. The highest BCUT2D eigenvalue weighted by Gasteiger charge is 2.55. The van der Waals surface area contributed by atoms with Gasteiger partial charge in [0.2, 0.25) is 0 Å². The molecule has 0 saturated carbocycles. The standard InChI is InChI=1S/C18H34O8Si2/c1-9-13-25-15-11-12-16(26-14-10-2)18(28(22-6,23-7)24-8)17(15)27(19-3,20-4)21-5/h11-12H,9-10,13-14H2,1-8H3. The van der Waals surface area contributed by atoms with Crippen molar-refractivity contribution >= 4 is 28.0 Å². The maximum Gasteiger partial charge on any atom is 0.540 e. The molecule has 8 nitrogen and oxygen atoms in total. The molecule has 0 spiro atoms. The molecular weight excluding hydrogens is 400 g/mol. The number of benzene rings is 1. The summed E-state index contributed by atoms with van der Waals surface area (Å²) >= 11 is 0. The second kappa shape index (κ2) is 11.9. The van der Waals surface area contributed by atoms with E-state index in [1.807, 2.05) is 26.0 Å². The minimum Gasteiger partial charge on any atom is -0.493 e. The van der Waals surface area contributed by atoms with Gasteiger partial charge in [-0.1, -0.05) is 13.8 Å². The largest absolute Gasteiger partial charge is 0.540 e. The molecule has 28 heavy (non-hydrogen) atoms. The molecule has 0 aliphatic carbocycles. The Balaban J connectivity index is 3.94. The Labute approximate surface area is 170 Å². The Hall–Kier alpha value is -0.986. The summed E-state index contributed by atoms with van der Waals surface area (Å²) in [7, 11) is 2.52. The van der Waals surface area contributed by atoms with Crippen LogP contribution < -0.4 is 19.8 Å². The smallest absolute Gasteiger partial charge is 0.493 e. The Kier molecular flexibility index (Phi) is 10.6. The van der Waals surface area contributed by atoms with Gasteiger partial charge in [-0.2, -0.15) is 0 Å². The first-order chi connectivity index (χ1) is 13.5. The van der Waals surface area contributed by atoms with E-state index >= 15 is 0 Å². The summed E-state index contributed by atoms with van der Waals surface area (Å²) in [6.07, 6.45) is 1.68. The van der Waals surface area contributed by atoms with Gasteiger partial charge in [0.25, 0.3) is 0 Å². The van der Waals surface area contributed by atoms with Gasteiger partial charge < -0.3 is 36.0 Å². The number of hydrogen-bond acceptors (Lipinski definition) is 8. The van der Waals surface area contributed by atoms with Crippen molar-refractivity contribution < 1.29 is 36.0 Å². The summed E-state index contributed by atoms with van der Waals surface area (Å²) in [5.41, 5.74) is 0. The van der Waals surface area contributed by atoms with Crippen LogP contribution in [-0.4, -0.2) is 73.5 Å². The van der Waals surface area contributed by atoms with Gasteiger partial charge in [-0.15, -0.1) is 0 Å². The average Bonchev–Trinajstić information content (AvgIpc) is 2.75. The molecule has 0 bridgehead atoms. The maximum atomic E-state index is 6.02. The van der Waals surface area contributed by atoms with Crippen LogP contribution in [0, 0.1) is 0 Å². The van der Waals surface area contributed by atoms with Crippen molar-refractivity contribution in [2.24, 2.45) is 0 Å². The third kappa shape index (κ3) is 4.94. The van der Waals surface area contributed by atoms with E-state index in [4.69, 9.17) is 36.0 Å². The summed E-state index contributed by atoms with van der Waals surface area (Å²) < 4.78 is 46.8. The predicted molar refractivity (Wildman–Crippen MR) is 111 cm³/mol. The second-order valence-electron chi connectivity index (χ2n) is 5.85. The van der Waals surface area contributed by atoms with E-state index in [1.54, 1.807) is 42.7 Å². The van der Waals surface area contributed by atoms with Crippen LogP contribution in [0.25, 0.3) is 0 Å². The fourth-order valence-corrected chi connectivity index (χ4v) is 7.87. The highest BCUT2D eigenvalue weighted by atomic mass is 28.4. The molecule has 0 radical (unpaired) electrons. The van der Waals surface area contributed by atoms with Gasteiger partial charge in [-0.3, -0.25) is 0 Å². The fraction of sp³-hybridized carbons (Fsp3) is 0.667. The van der Waals surface area contributed by atoms with E-state index in [2.05, 4.69) is 0 Å². The zero-order valence-electron chi connectivity index (χ0n) is 18.2. The molecule has 0 aliphatic heterocycles. The SMILES string of the molecule is CCCOc1ccc(OCCC)c([Si](OC)(OC)OC)c1[Si](OC)(OC)OC. The monoisotopic (exact) mass is 434 g/mol. The Bertz CT molecular complexity index is 524. The molecule has 1 rings (SSSR count). The molecule has 10 heteroatoms. The van der Waals surface area contributed by atoms with Gasteiger partial charge in [0.1, 0.15) is 11.5 Å². The Morgan fingerprint density at radius 1 is 0.571 bits per heavy atom. The molecule has 0 N–H and O–H groups in total. The van der Waals surface area contributed by atoms with Crippen LogP contribution in [0.2, 0.25) is 0 Å². The molecule has 0 heterocycles. The van der Waals surface area contributed by atoms with E-state index in [-0.39, 0.29) is 0 Å². The fourth-order valence-electron chi connectivity index (χ4n) is 2.95. The molecule has 0 amide bonds. The lowest BCUT2D eigenvalue weighted by atomic mass is 10.3. The lowest BCUT2D eigenvalue weighted by Crippen LogP contribution is -2.69. The minimum absolute atomic E-state index is 0.519. The van der Waals surface area contributed by atoms with Gasteiger partial charge in [-0.05, 0) is 25.0 Å². The normalized spacial score (nSPS) is 12.3. The Morgan fingerprint density at radius 3 is 1.07 bits per heavy atom. The van der Waals surface area contributed by atoms with Crippen LogP contribution in [-0.2, 0) is 26.6 Å². The van der Waals surface area contributed by atoms with Crippen molar-refractivity contribution in [3.05, 3.63) is 12.1 Å². The summed E-state index contributed by atoms with van der Waals surface area (Å²) in [6, 6.07) is 3.66. The van der Waals surface area contributed by atoms with Gasteiger partial charge >= 0.3 is 17.6 Å². The summed E-state index contributed by atoms with van der Waals surface area (Å²) in [4.78, 5) is 0. The molecule has 1 aromatic rings. The average molecular weight is 435 g/mol. The van der Waals surface area contributed by atoms with E-state index in [1.165, 1.54) is 0 Å². The maximum absolute atomic E-state index is 6.02. The van der Waals surface area contributed by atoms with E-state index in [9.17, 15) is 0 Å². The topological polar surface area (TPSA) is 73.8 Å². The summed E-state index contributed by atoms with van der Waals surface area (Å²) in [6.45, 7) is 5.10. The zero-order chi connectivity index (χ0) is 21.2. The Morgan fingerprint density at radius 2 is 0.857 bits per heavy atom. The lowest BCUT2D eigenvalue weighted by molar-refractivity contribution is 0.133. The molecule has 0 atom stereocenters. The highest BCUT2D eigenvalue weighted by Crippen LogP contribution is 2.25. The van der Waals surface area contributed by atoms with Gasteiger partial charge in [0, 0.05) is 42.7 Å². The van der Waals surface area contributed by atoms with Crippen molar-refractivity contribution in [1.29, 1.82) is 0 Å². The quantitative estimate of drug-likeness (QED) is 0.407. The number of ether oxygens (including phenoxy) is 2. The van der Waals surface area contributed by atoms with Crippen LogP contribution in [0.3, 0.4) is 0 Å². The van der Waals surface area contributed by atoms with Gasteiger partial charge in [0.15, 0.2) is 0 Å². The molecule has 0 fully saturated rings. The molecule has 0 aromatic heterocycles. The predicted octanol–water partition coefficient (Wildman–Crippen LogP) is 1.43. The summed E-state index contributed by atoms with van der Waals surface area (Å²) in [5.74, 6) is 1.14. The first-order valence-corrected chi connectivity index (χ1v) is 12.7. The highest BCUT2D eigenvalue weighted by molar-refractivity contribution is 6.87. The van der Waals surface area contributed by atoms with Crippen molar-refractivity contribution in [2.45, 2.75) is 26.7 Å². The number of hydrogen-bond donors (Lipinski definition) is 0. The lowest BCUT2D eigenvalue weighted by Gasteiger charge is -2.34. The molecule has 0 saturated heterocycles. The van der Waals surface area contributed by atoms with Crippen molar-refractivity contribution in [1.82, 2.24) is 0 Å². The van der Waals surface area contributed by atoms with E-state index < -0.39 is 17.6 Å². The van der Waals surface area contributed by atoms with Crippen molar-refractivity contribution in [2.75, 3.05) is 55.9 Å². The summed E-state index contributed by atoms with van der Waals surface area (Å²) in [5, 5.41) is 1.19. The van der Waals surface area contributed by atoms with E-state index in [0.29, 0.717) is 35.1 Å². The molecular formula is C18H34O8Si2. The van der Waals surface area contributed by atoms with E-state index in [0.717, 1.165) is 12.8 Å². The van der Waals surface area contributed by atoms with Crippen molar-refractivity contribution in [3.63, 3.8) is 0 Å². The molecule has 162 valence electrons. The van der Waals surface area contributed by atoms with Crippen LogP contribution >= 0.6 is 0 Å².